The predicted molar refractivity (Wildman–Crippen MR) is 354 cm³/mol. The average molecular weight is 1110 g/mol. The van der Waals surface area contributed by atoms with Gasteiger partial charge in [0.1, 0.15) is 11.0 Å². The summed E-state index contributed by atoms with van der Waals surface area (Å²) >= 11 is 1.25. The highest BCUT2D eigenvalue weighted by Crippen LogP contribution is 2.46. The van der Waals surface area contributed by atoms with Gasteiger partial charge in [-0.05, 0) is 159 Å². The Kier molecular flexibility index (Phi) is 18.6. The van der Waals surface area contributed by atoms with E-state index in [1.165, 1.54) is 85.3 Å². The molecular weight excluding hydrogens is 1020 g/mol. The molecule has 0 spiro atoms. The summed E-state index contributed by atoms with van der Waals surface area (Å²) in [4.78, 5) is 6.68. The molecule has 430 valence electrons. The van der Waals surface area contributed by atoms with E-state index in [2.05, 4.69) is 252 Å². The van der Waals surface area contributed by atoms with Crippen molar-refractivity contribution in [3.8, 4) is 22.3 Å². The van der Waals surface area contributed by atoms with E-state index in [4.69, 9.17) is 18.9 Å². The monoisotopic (exact) mass is 1110 g/mol. The molecule has 0 radical (unpaired) electrons. The second-order valence-corrected chi connectivity index (χ2v) is 27.0. The summed E-state index contributed by atoms with van der Waals surface area (Å²) in [5, 5.41) is 10.6. The molecule has 0 aliphatic rings. The minimum Gasteiger partial charge on any atom is -0.311 e. The van der Waals surface area contributed by atoms with Crippen LogP contribution in [0.1, 0.15) is 196 Å². The van der Waals surface area contributed by atoms with E-state index >= 15 is 0 Å². The second kappa shape index (κ2) is 25.5. The first-order valence-electron chi connectivity index (χ1n) is 31.1. The minimum absolute atomic E-state index is 0.0994. The van der Waals surface area contributed by atoms with Crippen LogP contribution >= 0.6 is 11.7 Å². The molecule has 0 aliphatic carbocycles. The Labute approximate surface area is 496 Å². The number of anilines is 6. The van der Waals surface area contributed by atoms with Crippen LogP contribution in [0.5, 0.6) is 0 Å². The number of nitrogens with zero attached hydrogens (tertiary/aromatic N) is 7. The van der Waals surface area contributed by atoms with E-state index in [1.54, 1.807) is 0 Å². The fourth-order valence-electron chi connectivity index (χ4n) is 12.1. The summed E-state index contributed by atoms with van der Waals surface area (Å²) in [7, 11) is 0. The maximum atomic E-state index is 5.32. The number of benzene rings is 7. The van der Waals surface area contributed by atoms with Gasteiger partial charge in [0.25, 0.3) is 11.7 Å². The fourth-order valence-corrected chi connectivity index (χ4v) is 12.7. The molecule has 0 saturated heterocycles. The number of hydrogen-bond acceptors (Lipinski definition) is 5. The Morgan fingerprint density at radius 3 is 0.976 bits per heavy atom. The third-order valence-corrected chi connectivity index (χ3v) is 18.2. The van der Waals surface area contributed by atoms with Crippen molar-refractivity contribution in [2.45, 2.75) is 202 Å². The van der Waals surface area contributed by atoms with Gasteiger partial charge in [-0.1, -0.05) is 221 Å². The van der Waals surface area contributed by atoms with Crippen molar-refractivity contribution in [1.29, 1.82) is 0 Å². The van der Waals surface area contributed by atoms with Crippen LogP contribution in [0.15, 0.2) is 146 Å². The van der Waals surface area contributed by atoms with E-state index in [0.717, 1.165) is 104 Å². The summed E-state index contributed by atoms with van der Waals surface area (Å²) in [5.41, 5.74) is 19.9. The SMILES string of the molecule is CCCCC(C)(C)c1ccc(N(c2ccc(-c3c4nn(CC(C)C)nc4c(-c4ccc(N(c5ccc(C(C)(C)CCCC)cc5)c5ccc(C(C)(C)CCCC)cc5)cc4)c4[n-][s+]nc34)cc2)c2ccc(C(C)(C)CCCC)cc2)cc1. The van der Waals surface area contributed by atoms with Crippen LogP contribution in [0.25, 0.3) is 44.3 Å². The Morgan fingerprint density at radius 2 is 0.683 bits per heavy atom. The van der Waals surface area contributed by atoms with Gasteiger partial charge in [0.2, 0.25) is 0 Å². The number of fused-ring (bicyclic) bond motifs is 2. The maximum absolute atomic E-state index is 5.32. The Hall–Kier alpha value is -6.64. The van der Waals surface area contributed by atoms with Crippen molar-refractivity contribution in [1.82, 2.24) is 23.7 Å². The lowest BCUT2D eigenvalue weighted by Gasteiger charge is -2.30. The molecule has 7 nitrogen and oxygen atoms in total. The molecule has 0 fully saturated rings. The zero-order chi connectivity index (χ0) is 58.4. The van der Waals surface area contributed by atoms with Crippen LogP contribution < -0.4 is 14.2 Å². The van der Waals surface area contributed by atoms with Gasteiger partial charge in [-0.3, -0.25) is 0 Å². The van der Waals surface area contributed by atoms with Crippen molar-refractivity contribution in [3.63, 3.8) is 0 Å². The lowest BCUT2D eigenvalue weighted by Crippen LogP contribution is -2.18. The third kappa shape index (κ3) is 13.1. The molecule has 0 aliphatic heterocycles. The van der Waals surface area contributed by atoms with E-state index in [0.29, 0.717) is 12.5 Å². The summed E-state index contributed by atoms with van der Waals surface area (Å²) in [6, 6.07) is 55.1. The first-order valence-corrected chi connectivity index (χ1v) is 31.8. The highest BCUT2D eigenvalue weighted by molar-refractivity contribution is 7.00. The summed E-state index contributed by atoms with van der Waals surface area (Å²) in [6.45, 7) is 33.3. The molecule has 0 unspecified atom stereocenters. The Balaban J connectivity index is 1.12. The van der Waals surface area contributed by atoms with Gasteiger partial charge in [0.05, 0.1) is 6.54 Å². The number of unbranched alkanes of at least 4 members (excludes halogenated alkanes) is 4. The van der Waals surface area contributed by atoms with E-state index in [1.807, 2.05) is 4.80 Å². The van der Waals surface area contributed by atoms with Gasteiger partial charge >= 0.3 is 0 Å². The molecule has 9 aromatic rings. The maximum Gasteiger partial charge on any atom is 0.279 e. The molecule has 0 N–H and O–H groups in total. The molecule has 0 atom stereocenters. The highest BCUT2D eigenvalue weighted by Gasteiger charge is 2.28. The van der Waals surface area contributed by atoms with Gasteiger partial charge < -0.3 is 9.80 Å². The van der Waals surface area contributed by atoms with E-state index in [-0.39, 0.29) is 21.7 Å². The quantitative estimate of drug-likeness (QED) is 0.0504. The van der Waals surface area contributed by atoms with Gasteiger partial charge in [0, 0.05) is 56.3 Å². The van der Waals surface area contributed by atoms with Crippen LogP contribution in [-0.2, 0) is 28.2 Å². The van der Waals surface area contributed by atoms with Crippen molar-refractivity contribution in [3.05, 3.63) is 168 Å². The van der Waals surface area contributed by atoms with Gasteiger partial charge in [-0.15, -0.1) is 0 Å². The van der Waals surface area contributed by atoms with Crippen LogP contribution in [0.4, 0.5) is 34.1 Å². The molecule has 2 aromatic heterocycles. The largest absolute Gasteiger partial charge is 0.311 e. The summed E-state index contributed by atoms with van der Waals surface area (Å²) in [6.07, 6.45) is 14.3. The zero-order valence-corrected chi connectivity index (χ0v) is 53.0. The third-order valence-electron chi connectivity index (χ3n) is 17.7. The lowest BCUT2D eigenvalue weighted by atomic mass is 9.80. The van der Waals surface area contributed by atoms with Gasteiger partial charge in [0.15, 0.2) is 0 Å². The van der Waals surface area contributed by atoms with Crippen molar-refractivity contribution < 1.29 is 0 Å². The number of hydrogen-bond donors (Lipinski definition) is 0. The van der Waals surface area contributed by atoms with Crippen molar-refractivity contribution >= 4 is 67.9 Å². The number of rotatable bonds is 26. The van der Waals surface area contributed by atoms with Crippen LogP contribution in [0, 0.1) is 5.92 Å². The van der Waals surface area contributed by atoms with Crippen molar-refractivity contribution in [2.24, 2.45) is 5.92 Å². The normalized spacial score (nSPS) is 12.5. The first-order chi connectivity index (χ1) is 39.3. The summed E-state index contributed by atoms with van der Waals surface area (Å²) in [5.74, 6) is 0.349. The molecular formula is C74H93N7S. The second-order valence-electron chi connectivity index (χ2n) is 26.5. The topological polar surface area (TPSA) is 64.2 Å². The molecule has 8 heteroatoms. The predicted octanol–water partition coefficient (Wildman–Crippen LogP) is 22.1. The highest BCUT2D eigenvalue weighted by atomic mass is 32.1. The Morgan fingerprint density at radius 1 is 0.402 bits per heavy atom. The van der Waals surface area contributed by atoms with E-state index in [9.17, 15) is 0 Å². The van der Waals surface area contributed by atoms with Gasteiger partial charge in [-0.2, -0.15) is 23.7 Å². The first kappa shape index (κ1) is 60.0. The minimum atomic E-state index is 0.0994. The standard InChI is InChI=1S/C74H93N7S/c1-15-19-47-71(7,8)55-27-39-61(40-28-55)80(62-41-29-56(30-42-62)72(9,10)48-20-16-2)59-35-23-53(24-36-59)65-67-68(76-79(75-67)51-52(5)6)66(70-69(65)77-82-78-70)54-25-37-60(38-26-54)81(63-43-31-57(32-44-63)73(11,12)49-21-17-3)64-45-33-58(34-46-64)74(13,14)50-22-18-4/h23-46,52H,15-22,47-51H2,1-14H3. The summed E-state index contributed by atoms with van der Waals surface area (Å²) < 4.78 is 10.2. The molecule has 0 amide bonds. The average Bonchev–Trinajstić information content (AvgIpc) is 4.26. The van der Waals surface area contributed by atoms with Crippen molar-refractivity contribution in [2.75, 3.05) is 9.80 Å². The molecule has 7 aromatic carbocycles. The lowest BCUT2D eigenvalue weighted by molar-refractivity contribution is 0.442. The zero-order valence-electron chi connectivity index (χ0n) is 52.2. The Bertz CT molecular complexity index is 3140. The van der Waals surface area contributed by atoms with Crippen LogP contribution in [0.2, 0.25) is 0 Å². The van der Waals surface area contributed by atoms with Gasteiger partial charge in [-0.25, -0.2) is 0 Å². The smallest absolute Gasteiger partial charge is 0.279 e. The van der Waals surface area contributed by atoms with Crippen LogP contribution in [-0.4, -0.2) is 19.4 Å². The molecule has 9 rings (SSSR count). The van der Waals surface area contributed by atoms with Crippen LogP contribution in [0.3, 0.4) is 0 Å². The van der Waals surface area contributed by atoms with E-state index < -0.39 is 0 Å². The fraction of sp³-hybridized carbons (Fsp3) is 0.432. The molecule has 0 saturated carbocycles. The molecule has 2 heterocycles. The molecule has 82 heavy (non-hydrogen) atoms. The molecule has 0 bridgehead atoms. The number of aromatic nitrogens is 5.